The van der Waals surface area contributed by atoms with Gasteiger partial charge in [0, 0.05) is 13.6 Å². The van der Waals surface area contributed by atoms with Crippen LogP contribution in [0.5, 0.6) is 0 Å². The molecule has 0 bridgehead atoms. The summed E-state index contributed by atoms with van der Waals surface area (Å²) in [5.74, 6) is 0. The lowest BCUT2D eigenvalue weighted by molar-refractivity contribution is 0.575. The lowest BCUT2D eigenvalue weighted by Crippen LogP contribution is -2.30. The number of H-pyrrole nitrogens is 1. The van der Waals surface area contributed by atoms with Crippen LogP contribution in [0.25, 0.3) is 11.2 Å². The molecule has 5 nitrogen and oxygen atoms in total. The molecule has 0 saturated heterocycles. The zero-order valence-corrected chi connectivity index (χ0v) is 10.2. The number of imidazole rings is 1. The molecule has 0 aliphatic carbocycles. The quantitative estimate of drug-likeness (QED) is 0.826. The summed E-state index contributed by atoms with van der Waals surface area (Å²) in [5, 5.41) is 0. The smallest absolute Gasteiger partial charge is 0.330 e. The molecule has 86 valence electrons. The van der Waals surface area contributed by atoms with E-state index in [1.165, 1.54) is 4.57 Å². The number of fused-ring (bicyclic) bond motifs is 1. The number of nitrogens with zero attached hydrogens (tertiary/aromatic N) is 3. The molecule has 0 atom stereocenters. The number of nitrogens with one attached hydrogen (secondary N) is 1. The van der Waals surface area contributed by atoms with Crippen LogP contribution in [0.15, 0.2) is 11.1 Å². The van der Waals surface area contributed by atoms with Gasteiger partial charge in [0.1, 0.15) is 10.2 Å². The maximum absolute atomic E-state index is 12.0. The predicted octanol–water partition coefficient (Wildman–Crippen LogP) is 1.59. The zero-order valence-electron chi connectivity index (χ0n) is 9.36. The lowest BCUT2D eigenvalue weighted by Gasteiger charge is -2.08. The van der Waals surface area contributed by atoms with Gasteiger partial charge in [-0.15, -0.1) is 0 Å². The van der Waals surface area contributed by atoms with Crippen molar-refractivity contribution >= 4 is 23.4 Å². The molecular formula is C10H14N4OS. The van der Waals surface area contributed by atoms with Gasteiger partial charge in [0.15, 0.2) is 5.65 Å². The third-order valence-corrected chi connectivity index (χ3v) is 3.07. The van der Waals surface area contributed by atoms with E-state index in [2.05, 4.69) is 16.9 Å². The maximum atomic E-state index is 12.0. The fourth-order valence-corrected chi connectivity index (χ4v) is 2.03. The Kier molecular flexibility index (Phi) is 2.91. The fraction of sp³-hybridized carbons (Fsp3) is 0.500. The van der Waals surface area contributed by atoms with Crippen molar-refractivity contribution in [1.82, 2.24) is 19.1 Å². The van der Waals surface area contributed by atoms with E-state index < -0.39 is 0 Å². The van der Waals surface area contributed by atoms with Crippen molar-refractivity contribution in [1.29, 1.82) is 0 Å². The first-order valence-corrected chi connectivity index (χ1v) is 5.70. The minimum atomic E-state index is -0.0990. The number of aromatic amines is 1. The van der Waals surface area contributed by atoms with E-state index in [9.17, 15) is 4.79 Å². The van der Waals surface area contributed by atoms with Gasteiger partial charge in [-0.1, -0.05) is 25.6 Å². The normalized spacial score (nSPS) is 11.1. The van der Waals surface area contributed by atoms with E-state index in [0.29, 0.717) is 16.8 Å². The molecule has 0 aromatic carbocycles. The van der Waals surface area contributed by atoms with Crippen molar-refractivity contribution < 1.29 is 0 Å². The fourth-order valence-electron chi connectivity index (χ4n) is 1.71. The Morgan fingerprint density at radius 1 is 1.56 bits per heavy atom. The Balaban J connectivity index is 2.73. The Morgan fingerprint density at radius 3 is 3.00 bits per heavy atom. The van der Waals surface area contributed by atoms with E-state index in [1.807, 2.05) is 0 Å². The summed E-state index contributed by atoms with van der Waals surface area (Å²) < 4.78 is 3.69. The van der Waals surface area contributed by atoms with Gasteiger partial charge in [-0.3, -0.25) is 9.13 Å². The molecule has 0 spiro atoms. The molecule has 1 N–H and O–H groups in total. The first-order valence-electron chi connectivity index (χ1n) is 5.29. The molecule has 0 amide bonds. The van der Waals surface area contributed by atoms with Gasteiger partial charge in [-0.2, -0.15) is 0 Å². The minimum Gasteiger partial charge on any atom is -0.341 e. The van der Waals surface area contributed by atoms with Crippen molar-refractivity contribution in [3.05, 3.63) is 21.5 Å². The summed E-state index contributed by atoms with van der Waals surface area (Å²) in [5.41, 5.74) is 1.27. The van der Waals surface area contributed by atoms with Crippen molar-refractivity contribution in [2.45, 2.75) is 26.3 Å². The molecule has 0 aliphatic rings. The number of rotatable bonds is 3. The highest BCUT2D eigenvalue weighted by Crippen LogP contribution is 2.08. The lowest BCUT2D eigenvalue weighted by atomic mass is 10.3. The maximum Gasteiger partial charge on any atom is 0.330 e. The molecule has 0 saturated carbocycles. The molecule has 0 unspecified atom stereocenters. The van der Waals surface area contributed by atoms with Gasteiger partial charge in [0.25, 0.3) is 0 Å². The zero-order chi connectivity index (χ0) is 11.7. The highest BCUT2D eigenvalue weighted by molar-refractivity contribution is 7.71. The van der Waals surface area contributed by atoms with Gasteiger partial charge in [0.2, 0.25) is 0 Å². The van der Waals surface area contributed by atoms with Gasteiger partial charge >= 0.3 is 5.69 Å². The standard InChI is InChI=1S/C10H14N4OS/c1-3-4-5-14-9(16)7-8(12-6-11-7)13(2)10(14)15/h6H,3-5H2,1-2H3,(H,11,12). The third kappa shape index (κ3) is 1.59. The average molecular weight is 238 g/mol. The van der Waals surface area contributed by atoms with Crippen molar-refractivity contribution in [2.24, 2.45) is 7.05 Å². The monoisotopic (exact) mass is 238 g/mol. The molecule has 0 radical (unpaired) electrons. The molecule has 2 rings (SSSR count). The van der Waals surface area contributed by atoms with Gasteiger partial charge < -0.3 is 4.98 Å². The Labute approximate surface area is 97.7 Å². The number of hydrogen-bond donors (Lipinski definition) is 1. The van der Waals surface area contributed by atoms with E-state index in [0.717, 1.165) is 18.4 Å². The molecule has 0 aliphatic heterocycles. The van der Waals surface area contributed by atoms with Crippen LogP contribution in [0.1, 0.15) is 19.8 Å². The van der Waals surface area contributed by atoms with Gasteiger partial charge in [0.05, 0.1) is 6.33 Å². The van der Waals surface area contributed by atoms with Crippen LogP contribution in [0, 0.1) is 4.64 Å². The predicted molar refractivity (Wildman–Crippen MR) is 65.1 cm³/mol. The number of unbranched alkanes of at least 4 members (excludes halogenated alkanes) is 1. The summed E-state index contributed by atoms with van der Waals surface area (Å²) in [6.07, 6.45) is 3.54. The second-order valence-electron chi connectivity index (χ2n) is 3.75. The minimum absolute atomic E-state index is 0.0990. The Bertz CT molecular complexity index is 622. The van der Waals surface area contributed by atoms with Crippen molar-refractivity contribution in [2.75, 3.05) is 0 Å². The summed E-state index contributed by atoms with van der Waals surface area (Å²) in [6, 6.07) is 0. The Morgan fingerprint density at radius 2 is 2.31 bits per heavy atom. The topological polar surface area (TPSA) is 55.6 Å². The summed E-state index contributed by atoms with van der Waals surface area (Å²) in [7, 11) is 1.71. The van der Waals surface area contributed by atoms with Crippen molar-refractivity contribution in [3.63, 3.8) is 0 Å². The molecule has 2 aromatic heterocycles. The van der Waals surface area contributed by atoms with E-state index in [4.69, 9.17) is 12.2 Å². The van der Waals surface area contributed by atoms with E-state index in [-0.39, 0.29) is 5.69 Å². The number of aryl methyl sites for hydroxylation is 1. The average Bonchev–Trinajstić information content (AvgIpc) is 2.75. The van der Waals surface area contributed by atoms with E-state index in [1.54, 1.807) is 17.9 Å². The second-order valence-corrected chi connectivity index (χ2v) is 4.14. The summed E-state index contributed by atoms with van der Waals surface area (Å²) in [4.78, 5) is 19.1. The second kappa shape index (κ2) is 4.21. The highest BCUT2D eigenvalue weighted by Gasteiger charge is 2.09. The van der Waals surface area contributed by atoms with Crippen LogP contribution >= 0.6 is 12.2 Å². The van der Waals surface area contributed by atoms with Crippen LogP contribution < -0.4 is 5.69 Å². The SMILES string of the molecule is CCCCn1c(=S)c2[nH]cnc2n(C)c1=O. The largest absolute Gasteiger partial charge is 0.341 e. The number of hydrogen-bond acceptors (Lipinski definition) is 3. The van der Waals surface area contributed by atoms with Crippen LogP contribution in [0.2, 0.25) is 0 Å². The van der Waals surface area contributed by atoms with Crippen molar-refractivity contribution in [3.8, 4) is 0 Å². The van der Waals surface area contributed by atoms with Crippen LogP contribution in [0.3, 0.4) is 0 Å². The molecule has 2 aromatic rings. The molecular weight excluding hydrogens is 224 g/mol. The number of aromatic nitrogens is 4. The highest BCUT2D eigenvalue weighted by atomic mass is 32.1. The van der Waals surface area contributed by atoms with Crippen LogP contribution in [-0.4, -0.2) is 19.1 Å². The van der Waals surface area contributed by atoms with Gasteiger partial charge in [-0.05, 0) is 6.42 Å². The summed E-state index contributed by atoms with van der Waals surface area (Å²) in [6.45, 7) is 2.75. The Hall–Kier alpha value is -1.43. The first-order chi connectivity index (χ1) is 7.66. The third-order valence-electron chi connectivity index (χ3n) is 2.65. The molecule has 16 heavy (non-hydrogen) atoms. The van der Waals surface area contributed by atoms with Crippen LogP contribution in [-0.2, 0) is 13.6 Å². The first kappa shape index (κ1) is 11.1. The summed E-state index contributed by atoms with van der Waals surface area (Å²) >= 11 is 5.29. The molecule has 2 heterocycles. The van der Waals surface area contributed by atoms with Crippen LogP contribution in [0.4, 0.5) is 0 Å². The molecule has 6 heteroatoms. The van der Waals surface area contributed by atoms with E-state index >= 15 is 0 Å². The molecule has 0 fully saturated rings. The van der Waals surface area contributed by atoms with Gasteiger partial charge in [-0.25, -0.2) is 9.78 Å².